The maximum absolute atomic E-state index is 11.3. The molecule has 4 heteroatoms. The minimum Gasteiger partial charge on any atom is -0.481 e. The van der Waals surface area contributed by atoms with Gasteiger partial charge in [0.25, 0.3) is 0 Å². The van der Waals surface area contributed by atoms with E-state index < -0.39 is 12.1 Å². The van der Waals surface area contributed by atoms with Crippen molar-refractivity contribution in [2.45, 2.75) is 76.9 Å². The van der Waals surface area contributed by atoms with E-state index in [1.807, 2.05) is 12.2 Å². The predicted octanol–water partition coefficient (Wildman–Crippen LogP) is 3.68. The third-order valence-electron chi connectivity index (χ3n) is 6.61. The zero-order valence-electron chi connectivity index (χ0n) is 15.2. The Morgan fingerprint density at radius 1 is 1.32 bits per heavy atom. The first kappa shape index (κ1) is 18.7. The quantitative estimate of drug-likeness (QED) is 0.484. The summed E-state index contributed by atoms with van der Waals surface area (Å²) in [6.45, 7) is 2.15. The second-order valence-electron chi connectivity index (χ2n) is 8.22. The second kappa shape index (κ2) is 8.05. The summed E-state index contributed by atoms with van der Waals surface area (Å²) in [5.41, 5.74) is 2.51. The molecule has 140 valence electrons. The van der Waals surface area contributed by atoms with Crippen molar-refractivity contribution in [2.75, 3.05) is 0 Å². The van der Waals surface area contributed by atoms with E-state index in [9.17, 15) is 20.1 Å². The second-order valence-corrected chi connectivity index (χ2v) is 8.22. The Bertz CT molecular complexity index is 550. The Morgan fingerprint density at radius 3 is 2.76 bits per heavy atom. The van der Waals surface area contributed by atoms with E-state index >= 15 is 0 Å². The molecule has 3 saturated carbocycles. The standard InChI is InChI=1S/C21H32O4/c1-2-3-4-5-15(22)6-7-17-19-11-13(10-14(19)12-20(17)23)16-8-9-18(16)21(24)25/h6-7,14-15,17-20,22-23H,2-5,8-12H2,1H3,(H,24,25)/b7-6+,16-13-/t14-,15-,17+,18?,19-,20?/m0/s1. The number of unbranched alkanes of at least 4 members (excludes halogenated alkanes) is 2. The van der Waals surface area contributed by atoms with Gasteiger partial charge in [0.1, 0.15) is 0 Å². The number of hydrogen-bond acceptors (Lipinski definition) is 3. The van der Waals surface area contributed by atoms with Gasteiger partial charge in [-0.25, -0.2) is 0 Å². The van der Waals surface area contributed by atoms with E-state index in [2.05, 4.69) is 6.92 Å². The van der Waals surface area contributed by atoms with Gasteiger partial charge in [0.05, 0.1) is 18.1 Å². The van der Waals surface area contributed by atoms with Gasteiger partial charge in [0.2, 0.25) is 0 Å². The number of hydrogen-bond donors (Lipinski definition) is 3. The molecule has 0 aromatic heterocycles. The molecule has 0 heterocycles. The topological polar surface area (TPSA) is 77.8 Å². The molecular formula is C21H32O4. The molecule has 0 bridgehead atoms. The van der Waals surface area contributed by atoms with Crippen molar-refractivity contribution in [1.29, 1.82) is 0 Å². The van der Waals surface area contributed by atoms with E-state index in [-0.39, 0.29) is 17.9 Å². The lowest BCUT2D eigenvalue weighted by Crippen LogP contribution is -2.26. The summed E-state index contributed by atoms with van der Waals surface area (Å²) >= 11 is 0. The number of rotatable bonds is 7. The number of carboxylic acids is 1. The number of aliphatic hydroxyl groups is 2. The Kier molecular flexibility index (Phi) is 6.00. The molecule has 0 aliphatic heterocycles. The highest BCUT2D eigenvalue weighted by molar-refractivity contribution is 5.75. The van der Waals surface area contributed by atoms with E-state index in [0.29, 0.717) is 11.8 Å². The fourth-order valence-electron chi connectivity index (χ4n) is 5.08. The average Bonchev–Trinajstić information content (AvgIpc) is 3.00. The van der Waals surface area contributed by atoms with Gasteiger partial charge in [-0.2, -0.15) is 0 Å². The summed E-state index contributed by atoms with van der Waals surface area (Å²) in [4.78, 5) is 11.3. The summed E-state index contributed by atoms with van der Waals surface area (Å²) < 4.78 is 0. The summed E-state index contributed by atoms with van der Waals surface area (Å²) in [6, 6.07) is 0. The number of fused-ring (bicyclic) bond motifs is 1. The highest BCUT2D eigenvalue weighted by Crippen LogP contribution is 2.53. The van der Waals surface area contributed by atoms with Crippen LogP contribution in [0.4, 0.5) is 0 Å². The fourth-order valence-corrected chi connectivity index (χ4v) is 5.08. The van der Waals surface area contributed by atoms with Gasteiger partial charge in [-0.1, -0.05) is 49.5 Å². The summed E-state index contributed by atoms with van der Waals surface area (Å²) in [6.07, 6.45) is 11.7. The van der Waals surface area contributed by atoms with Gasteiger partial charge in [-0.3, -0.25) is 4.79 Å². The molecule has 0 aromatic rings. The minimum atomic E-state index is -0.683. The number of carboxylic acid groups (broad SMARTS) is 1. The molecule has 3 aliphatic carbocycles. The van der Waals surface area contributed by atoms with Crippen molar-refractivity contribution in [3.63, 3.8) is 0 Å². The van der Waals surface area contributed by atoms with Crippen molar-refractivity contribution in [3.05, 3.63) is 23.3 Å². The molecule has 0 spiro atoms. The maximum Gasteiger partial charge on any atom is 0.310 e. The molecule has 6 atom stereocenters. The Labute approximate surface area is 150 Å². The third kappa shape index (κ3) is 4.01. The van der Waals surface area contributed by atoms with Crippen molar-refractivity contribution >= 4 is 5.97 Å². The molecule has 4 nitrogen and oxygen atoms in total. The first-order valence-electron chi connectivity index (χ1n) is 9.99. The molecule has 3 N–H and O–H groups in total. The molecule has 0 aromatic carbocycles. The lowest BCUT2D eigenvalue weighted by molar-refractivity contribution is -0.142. The van der Waals surface area contributed by atoms with E-state index in [1.54, 1.807) is 0 Å². The first-order valence-corrected chi connectivity index (χ1v) is 9.99. The Morgan fingerprint density at radius 2 is 2.12 bits per heavy atom. The number of allylic oxidation sites excluding steroid dienone is 1. The highest BCUT2D eigenvalue weighted by Gasteiger charge is 2.47. The average molecular weight is 348 g/mol. The number of aliphatic hydroxyl groups excluding tert-OH is 2. The van der Waals surface area contributed by atoms with Gasteiger partial charge >= 0.3 is 5.97 Å². The van der Waals surface area contributed by atoms with Crippen LogP contribution in [0, 0.1) is 23.7 Å². The molecule has 25 heavy (non-hydrogen) atoms. The van der Waals surface area contributed by atoms with Crippen LogP contribution in [0.25, 0.3) is 0 Å². The minimum absolute atomic E-state index is 0.104. The lowest BCUT2D eigenvalue weighted by Gasteiger charge is -2.29. The van der Waals surface area contributed by atoms with Crippen LogP contribution in [-0.2, 0) is 4.79 Å². The van der Waals surface area contributed by atoms with Crippen molar-refractivity contribution in [3.8, 4) is 0 Å². The Balaban J connectivity index is 1.61. The third-order valence-corrected chi connectivity index (χ3v) is 6.61. The molecule has 0 saturated heterocycles. The van der Waals surface area contributed by atoms with Gasteiger partial charge in [0, 0.05) is 5.92 Å². The molecule has 3 aliphatic rings. The van der Waals surface area contributed by atoms with Gasteiger partial charge in [-0.15, -0.1) is 0 Å². The number of carbonyl (C=O) groups is 1. The lowest BCUT2D eigenvalue weighted by atomic mass is 9.75. The molecule has 2 unspecified atom stereocenters. The summed E-state index contributed by atoms with van der Waals surface area (Å²) in [7, 11) is 0. The maximum atomic E-state index is 11.3. The SMILES string of the molecule is CCCCC[C@H](O)/C=C/[C@H]1C(O)C[C@@H]2C/C(=C3\CCC3C(=O)O)C[C@@H]21. The summed E-state index contributed by atoms with van der Waals surface area (Å²) in [5.74, 6) is 0.0453. The van der Waals surface area contributed by atoms with Gasteiger partial charge in [0.15, 0.2) is 0 Å². The molecule has 3 fully saturated rings. The van der Waals surface area contributed by atoms with Crippen molar-refractivity contribution in [1.82, 2.24) is 0 Å². The molecule has 0 radical (unpaired) electrons. The van der Waals surface area contributed by atoms with Crippen LogP contribution in [0.2, 0.25) is 0 Å². The predicted molar refractivity (Wildman–Crippen MR) is 97.0 cm³/mol. The largest absolute Gasteiger partial charge is 0.481 e. The zero-order chi connectivity index (χ0) is 18.0. The van der Waals surface area contributed by atoms with Crippen molar-refractivity contribution < 1.29 is 20.1 Å². The van der Waals surface area contributed by atoms with Crippen LogP contribution in [0.1, 0.15) is 64.7 Å². The van der Waals surface area contributed by atoms with Gasteiger partial charge in [-0.05, 0) is 50.4 Å². The summed E-state index contributed by atoms with van der Waals surface area (Å²) in [5, 5.41) is 29.8. The van der Waals surface area contributed by atoms with Crippen LogP contribution >= 0.6 is 0 Å². The van der Waals surface area contributed by atoms with Gasteiger partial charge < -0.3 is 15.3 Å². The normalized spacial score (nSPS) is 38.8. The van der Waals surface area contributed by atoms with Crippen LogP contribution in [0.5, 0.6) is 0 Å². The highest BCUT2D eigenvalue weighted by atomic mass is 16.4. The molecular weight excluding hydrogens is 316 g/mol. The van der Waals surface area contributed by atoms with Crippen LogP contribution in [-0.4, -0.2) is 33.5 Å². The van der Waals surface area contributed by atoms with Crippen LogP contribution < -0.4 is 0 Å². The van der Waals surface area contributed by atoms with E-state index in [1.165, 1.54) is 11.1 Å². The van der Waals surface area contributed by atoms with Crippen LogP contribution in [0.15, 0.2) is 23.3 Å². The number of aliphatic carboxylic acids is 1. The molecule has 3 rings (SSSR count). The monoisotopic (exact) mass is 348 g/mol. The first-order chi connectivity index (χ1) is 12.0. The zero-order valence-corrected chi connectivity index (χ0v) is 15.2. The van der Waals surface area contributed by atoms with Crippen molar-refractivity contribution in [2.24, 2.45) is 23.7 Å². The fraction of sp³-hybridized carbons (Fsp3) is 0.762. The van der Waals surface area contributed by atoms with E-state index in [0.717, 1.165) is 57.8 Å². The smallest absolute Gasteiger partial charge is 0.310 e. The Hall–Kier alpha value is -1.13. The van der Waals surface area contributed by atoms with E-state index in [4.69, 9.17) is 0 Å². The van der Waals surface area contributed by atoms with Crippen LogP contribution in [0.3, 0.4) is 0 Å². The molecule has 0 amide bonds.